The normalized spacial score (nSPS) is 27.9. The maximum atomic E-state index is 11.5. The second kappa shape index (κ2) is 4.19. The Morgan fingerprint density at radius 1 is 1.71 bits per heavy atom. The highest BCUT2D eigenvalue weighted by Gasteiger charge is 2.46. The molecule has 92 valence electrons. The molecule has 2 rings (SSSR count). The molecule has 1 aliphatic rings. The quantitative estimate of drug-likeness (QED) is 0.769. The molecule has 2 amide bonds. The van der Waals surface area contributed by atoms with Crippen LogP contribution in [0.15, 0.2) is 12.1 Å². The molecule has 0 saturated carbocycles. The van der Waals surface area contributed by atoms with Crippen molar-refractivity contribution in [3.8, 4) is 0 Å². The van der Waals surface area contributed by atoms with E-state index in [1.807, 2.05) is 0 Å². The van der Waals surface area contributed by atoms with E-state index in [0.717, 1.165) is 4.88 Å². The topological polar surface area (TPSA) is 78.4 Å². The van der Waals surface area contributed by atoms with Crippen LogP contribution in [0.4, 0.5) is 4.79 Å². The van der Waals surface area contributed by atoms with Gasteiger partial charge in [0.25, 0.3) is 0 Å². The lowest BCUT2D eigenvalue weighted by molar-refractivity contribution is -0.119. The van der Waals surface area contributed by atoms with Crippen LogP contribution >= 0.6 is 22.9 Å². The number of nitrogens with one attached hydrogen (secondary N) is 2. The number of hydrogen-bond donors (Lipinski definition) is 3. The number of carbonyl (C=O) groups excluding carboxylic acids is 1. The van der Waals surface area contributed by atoms with E-state index < -0.39 is 17.7 Å². The molecule has 1 aromatic rings. The fourth-order valence-corrected chi connectivity index (χ4v) is 3.19. The third-order valence-corrected chi connectivity index (χ3v) is 4.34. The van der Waals surface area contributed by atoms with Crippen LogP contribution in [0.5, 0.6) is 0 Å². The van der Waals surface area contributed by atoms with Gasteiger partial charge >= 0.3 is 6.09 Å². The van der Waals surface area contributed by atoms with Gasteiger partial charge in [-0.1, -0.05) is 11.6 Å². The van der Waals surface area contributed by atoms with Gasteiger partial charge in [0.2, 0.25) is 5.91 Å². The Kier molecular flexibility index (Phi) is 3.01. The van der Waals surface area contributed by atoms with Gasteiger partial charge in [-0.05, 0) is 19.1 Å². The Hall–Kier alpha value is -1.27. The number of carboxylic acid groups (broad SMARTS) is 1. The molecular formula is C10H11ClN2O3S. The molecular weight excluding hydrogens is 264 g/mol. The number of thiophene rings is 1. The molecule has 3 N–H and O–H groups in total. The van der Waals surface area contributed by atoms with Crippen molar-refractivity contribution in [2.75, 3.05) is 0 Å². The number of hydrogen-bond acceptors (Lipinski definition) is 3. The van der Waals surface area contributed by atoms with Crippen molar-refractivity contribution in [2.45, 2.75) is 24.9 Å². The lowest BCUT2D eigenvalue weighted by Gasteiger charge is -2.29. The maximum absolute atomic E-state index is 11.5. The summed E-state index contributed by atoms with van der Waals surface area (Å²) in [5.74, 6) is -0.171. The van der Waals surface area contributed by atoms with Crippen LogP contribution in [0.1, 0.15) is 18.2 Å². The van der Waals surface area contributed by atoms with Crippen LogP contribution < -0.4 is 10.6 Å². The largest absolute Gasteiger partial charge is 0.465 e. The van der Waals surface area contributed by atoms with Gasteiger partial charge < -0.3 is 15.7 Å². The zero-order valence-corrected chi connectivity index (χ0v) is 10.6. The van der Waals surface area contributed by atoms with Crippen molar-refractivity contribution in [1.29, 1.82) is 0 Å². The van der Waals surface area contributed by atoms with E-state index in [2.05, 4.69) is 10.6 Å². The summed E-state index contributed by atoms with van der Waals surface area (Å²) < 4.78 is 0.608. The van der Waals surface area contributed by atoms with Crippen molar-refractivity contribution in [3.63, 3.8) is 0 Å². The number of carbonyl (C=O) groups is 2. The third kappa shape index (κ3) is 2.23. The molecule has 1 aromatic heterocycles. The summed E-state index contributed by atoms with van der Waals surface area (Å²) in [5, 5.41) is 13.9. The predicted octanol–water partition coefficient (Wildman–Crippen LogP) is 1.77. The molecule has 0 spiro atoms. The molecule has 5 nitrogen and oxygen atoms in total. The van der Waals surface area contributed by atoms with E-state index in [-0.39, 0.29) is 12.3 Å². The van der Waals surface area contributed by atoms with Crippen LogP contribution in [-0.2, 0) is 10.3 Å². The Balaban J connectivity index is 2.32. The standard InChI is InChI=1S/C10H11ClN2O3S/c1-10(6-2-3-7(11)17-6)5(12-9(15)16)4-8(14)13-10/h2-3,5,12H,4H2,1H3,(H,13,14)(H,15,16)/t5-,10-/m0/s1. The van der Waals surface area contributed by atoms with Crippen LogP contribution in [0.2, 0.25) is 4.34 Å². The molecule has 17 heavy (non-hydrogen) atoms. The predicted molar refractivity (Wildman–Crippen MR) is 64.4 cm³/mol. The lowest BCUT2D eigenvalue weighted by atomic mass is 9.92. The zero-order chi connectivity index (χ0) is 12.6. The highest BCUT2D eigenvalue weighted by Crippen LogP contribution is 2.37. The molecule has 0 radical (unpaired) electrons. The minimum atomic E-state index is -1.14. The van der Waals surface area contributed by atoms with Crippen LogP contribution in [0.25, 0.3) is 0 Å². The van der Waals surface area contributed by atoms with Crippen LogP contribution in [0.3, 0.4) is 0 Å². The molecule has 0 aliphatic carbocycles. The van der Waals surface area contributed by atoms with Gasteiger partial charge in [0.05, 0.1) is 15.9 Å². The van der Waals surface area contributed by atoms with Crippen molar-refractivity contribution in [3.05, 3.63) is 21.3 Å². The summed E-state index contributed by atoms with van der Waals surface area (Å²) in [7, 11) is 0. The molecule has 2 heterocycles. The van der Waals surface area contributed by atoms with Gasteiger partial charge in [-0.25, -0.2) is 4.79 Å². The Morgan fingerprint density at radius 2 is 2.41 bits per heavy atom. The minimum absolute atomic E-state index is 0.137. The molecule has 0 unspecified atom stereocenters. The third-order valence-electron chi connectivity index (χ3n) is 2.87. The summed E-state index contributed by atoms with van der Waals surface area (Å²) in [6.45, 7) is 1.79. The number of halogens is 1. The zero-order valence-electron chi connectivity index (χ0n) is 8.99. The molecule has 1 aliphatic heterocycles. The first kappa shape index (κ1) is 12.2. The van der Waals surface area contributed by atoms with E-state index >= 15 is 0 Å². The van der Waals surface area contributed by atoms with Gasteiger partial charge in [0, 0.05) is 11.3 Å². The van der Waals surface area contributed by atoms with Gasteiger partial charge in [-0.15, -0.1) is 11.3 Å². The minimum Gasteiger partial charge on any atom is -0.465 e. The van der Waals surface area contributed by atoms with Crippen LogP contribution in [0, 0.1) is 0 Å². The fourth-order valence-electron chi connectivity index (χ4n) is 1.99. The van der Waals surface area contributed by atoms with Gasteiger partial charge in [-0.2, -0.15) is 0 Å². The Bertz CT molecular complexity index is 476. The molecule has 7 heteroatoms. The summed E-state index contributed by atoms with van der Waals surface area (Å²) in [4.78, 5) is 23.0. The van der Waals surface area contributed by atoms with Crippen molar-refractivity contribution >= 4 is 34.9 Å². The summed E-state index contributed by atoms with van der Waals surface area (Å²) in [6, 6.07) is 3.05. The second-order valence-corrected chi connectivity index (χ2v) is 5.78. The monoisotopic (exact) mass is 274 g/mol. The Labute approximate surface area is 107 Å². The number of amides is 2. The smallest absolute Gasteiger partial charge is 0.404 e. The SMILES string of the molecule is C[C@]1(c2ccc(Cl)s2)NC(=O)C[C@@H]1NC(=O)O. The van der Waals surface area contributed by atoms with Gasteiger partial charge in [0.15, 0.2) is 0 Å². The fraction of sp³-hybridized carbons (Fsp3) is 0.400. The number of rotatable bonds is 2. The highest BCUT2D eigenvalue weighted by molar-refractivity contribution is 7.16. The van der Waals surface area contributed by atoms with E-state index in [4.69, 9.17) is 16.7 Å². The molecule has 1 fully saturated rings. The van der Waals surface area contributed by atoms with Crippen LogP contribution in [-0.4, -0.2) is 23.1 Å². The maximum Gasteiger partial charge on any atom is 0.404 e. The van der Waals surface area contributed by atoms with E-state index in [1.165, 1.54) is 11.3 Å². The summed E-state index contributed by atoms with van der Waals surface area (Å²) in [6.07, 6.45) is -1.00. The van der Waals surface area contributed by atoms with E-state index in [0.29, 0.717) is 4.34 Å². The van der Waals surface area contributed by atoms with Crippen molar-refractivity contribution in [2.24, 2.45) is 0 Å². The lowest BCUT2D eigenvalue weighted by Crippen LogP contribution is -2.50. The van der Waals surface area contributed by atoms with Crippen molar-refractivity contribution < 1.29 is 14.7 Å². The average Bonchev–Trinajstić information content (AvgIpc) is 2.72. The first-order valence-electron chi connectivity index (χ1n) is 4.98. The molecule has 0 aromatic carbocycles. The van der Waals surface area contributed by atoms with E-state index in [9.17, 15) is 9.59 Å². The first-order chi connectivity index (χ1) is 7.91. The highest BCUT2D eigenvalue weighted by atomic mass is 35.5. The Morgan fingerprint density at radius 3 is 2.94 bits per heavy atom. The van der Waals surface area contributed by atoms with Gasteiger partial charge in [0.1, 0.15) is 0 Å². The summed E-state index contributed by atoms with van der Waals surface area (Å²) >= 11 is 7.19. The molecule has 0 bridgehead atoms. The van der Waals surface area contributed by atoms with E-state index in [1.54, 1.807) is 19.1 Å². The van der Waals surface area contributed by atoms with Gasteiger partial charge in [-0.3, -0.25) is 4.79 Å². The molecule has 2 atom stereocenters. The van der Waals surface area contributed by atoms with Crippen molar-refractivity contribution in [1.82, 2.24) is 10.6 Å². The summed E-state index contributed by atoms with van der Waals surface area (Å²) in [5.41, 5.74) is -0.729. The average molecular weight is 275 g/mol. The molecule has 1 saturated heterocycles. The second-order valence-electron chi connectivity index (χ2n) is 4.06. The first-order valence-corrected chi connectivity index (χ1v) is 6.17.